The number of benzene rings is 1. The Bertz CT molecular complexity index is 416. The highest BCUT2D eigenvalue weighted by Gasteiger charge is 2.50. The van der Waals surface area contributed by atoms with E-state index in [1.807, 2.05) is 30.3 Å². The van der Waals surface area contributed by atoms with Crippen molar-refractivity contribution in [2.75, 3.05) is 7.11 Å². The van der Waals surface area contributed by atoms with Crippen LogP contribution < -0.4 is 0 Å². The zero-order chi connectivity index (χ0) is 11.7. The van der Waals surface area contributed by atoms with E-state index in [9.17, 15) is 9.59 Å². The number of hydrogen-bond acceptors (Lipinski definition) is 3. The van der Waals surface area contributed by atoms with Gasteiger partial charge in [-0.2, -0.15) is 0 Å². The second-order valence-corrected chi connectivity index (χ2v) is 3.74. The van der Waals surface area contributed by atoms with Crippen molar-refractivity contribution in [1.29, 1.82) is 0 Å². The summed E-state index contributed by atoms with van der Waals surface area (Å²) < 4.78 is 5.10. The summed E-state index contributed by atoms with van der Waals surface area (Å²) in [6.07, 6.45) is -0.536. The van der Waals surface area contributed by atoms with E-state index in [1.54, 1.807) is 0 Å². The zero-order valence-electron chi connectivity index (χ0n) is 9.21. The van der Waals surface area contributed by atoms with Gasteiger partial charge in [-0.15, -0.1) is 0 Å². The maximum Gasteiger partial charge on any atom is 0.261 e. The van der Waals surface area contributed by atoms with E-state index in [0.717, 1.165) is 5.56 Å². The van der Waals surface area contributed by atoms with Gasteiger partial charge in [-0.25, -0.2) is 0 Å². The molecule has 16 heavy (non-hydrogen) atoms. The van der Waals surface area contributed by atoms with Crippen LogP contribution in [0.4, 0.5) is 0 Å². The normalized spacial score (nSPS) is 24.1. The lowest BCUT2D eigenvalue weighted by Crippen LogP contribution is -2.61. The third kappa shape index (κ3) is 1.51. The molecule has 0 spiro atoms. The van der Waals surface area contributed by atoms with E-state index in [0.29, 0.717) is 0 Å². The second-order valence-electron chi connectivity index (χ2n) is 3.74. The average Bonchev–Trinajstić information content (AvgIpc) is 2.27. The minimum absolute atomic E-state index is 0.243. The van der Waals surface area contributed by atoms with Crippen molar-refractivity contribution < 1.29 is 14.3 Å². The molecule has 1 aromatic rings. The van der Waals surface area contributed by atoms with Crippen molar-refractivity contribution in [3.05, 3.63) is 35.9 Å². The highest BCUT2D eigenvalue weighted by Crippen LogP contribution is 2.36. The molecule has 4 nitrogen and oxygen atoms in total. The van der Waals surface area contributed by atoms with Crippen molar-refractivity contribution in [1.82, 2.24) is 4.90 Å². The van der Waals surface area contributed by atoms with Gasteiger partial charge in [0.25, 0.3) is 5.91 Å². The standard InChI is InChI=1S/C12H13NO3/c1-8(14)13-10(11(16-2)12(13)15)9-6-4-3-5-7-9/h3-7,10-11H,1-2H3/t10-,11+/m1/s1. The Morgan fingerprint density at radius 2 is 1.94 bits per heavy atom. The summed E-state index contributed by atoms with van der Waals surface area (Å²) in [6, 6.07) is 9.14. The summed E-state index contributed by atoms with van der Waals surface area (Å²) in [7, 11) is 1.48. The first-order chi connectivity index (χ1) is 7.66. The summed E-state index contributed by atoms with van der Waals surface area (Å²) in [5.74, 6) is -0.504. The van der Waals surface area contributed by atoms with Crippen molar-refractivity contribution in [2.24, 2.45) is 0 Å². The zero-order valence-corrected chi connectivity index (χ0v) is 9.21. The first-order valence-corrected chi connectivity index (χ1v) is 5.08. The molecule has 2 amide bonds. The Kier molecular flexibility index (Phi) is 2.75. The topological polar surface area (TPSA) is 46.6 Å². The van der Waals surface area contributed by atoms with Gasteiger partial charge in [0.2, 0.25) is 5.91 Å². The van der Waals surface area contributed by atoms with Crippen LogP contribution in [-0.2, 0) is 14.3 Å². The van der Waals surface area contributed by atoms with Gasteiger partial charge in [-0.1, -0.05) is 30.3 Å². The van der Waals surface area contributed by atoms with E-state index in [1.165, 1.54) is 18.9 Å². The van der Waals surface area contributed by atoms with E-state index in [-0.39, 0.29) is 17.9 Å². The van der Waals surface area contributed by atoms with Crippen LogP contribution in [0.1, 0.15) is 18.5 Å². The maximum atomic E-state index is 11.6. The van der Waals surface area contributed by atoms with Gasteiger partial charge in [0.1, 0.15) is 0 Å². The molecule has 0 saturated carbocycles. The van der Waals surface area contributed by atoms with Crippen LogP contribution in [0.15, 0.2) is 30.3 Å². The summed E-state index contributed by atoms with van der Waals surface area (Å²) in [5, 5.41) is 0. The fraction of sp³-hybridized carbons (Fsp3) is 0.333. The number of nitrogens with zero attached hydrogens (tertiary/aromatic N) is 1. The molecule has 0 bridgehead atoms. The molecule has 0 radical (unpaired) electrons. The van der Waals surface area contributed by atoms with Crippen LogP contribution in [0.3, 0.4) is 0 Å². The first-order valence-electron chi connectivity index (χ1n) is 5.08. The maximum absolute atomic E-state index is 11.6. The fourth-order valence-corrected chi connectivity index (χ4v) is 2.02. The number of amides is 2. The highest BCUT2D eigenvalue weighted by molar-refractivity contribution is 6.02. The van der Waals surface area contributed by atoms with Gasteiger partial charge in [0.05, 0.1) is 6.04 Å². The van der Waals surface area contributed by atoms with E-state index in [2.05, 4.69) is 0 Å². The van der Waals surface area contributed by atoms with Crippen LogP contribution in [0.5, 0.6) is 0 Å². The molecule has 0 unspecified atom stereocenters. The van der Waals surface area contributed by atoms with Gasteiger partial charge in [-0.3, -0.25) is 14.5 Å². The van der Waals surface area contributed by atoms with E-state index < -0.39 is 6.10 Å². The SMILES string of the molecule is CO[C@@H]1C(=O)N(C(C)=O)[C@@H]1c1ccccc1. The van der Waals surface area contributed by atoms with Gasteiger partial charge in [0.15, 0.2) is 6.10 Å². The predicted octanol–water partition coefficient (Wildman–Crippen LogP) is 1.13. The molecule has 2 atom stereocenters. The molecule has 1 saturated heterocycles. The summed E-state index contributed by atoms with van der Waals surface area (Å²) in [6.45, 7) is 1.39. The lowest BCUT2D eigenvalue weighted by molar-refractivity contribution is -0.177. The number of imide groups is 1. The van der Waals surface area contributed by atoms with E-state index >= 15 is 0 Å². The number of ether oxygens (including phenoxy) is 1. The van der Waals surface area contributed by atoms with Gasteiger partial charge in [0, 0.05) is 14.0 Å². The fourth-order valence-electron chi connectivity index (χ4n) is 2.02. The van der Waals surface area contributed by atoms with Crippen molar-refractivity contribution >= 4 is 11.8 Å². The Morgan fingerprint density at radius 3 is 2.44 bits per heavy atom. The third-order valence-corrected chi connectivity index (χ3v) is 2.78. The second kappa shape index (κ2) is 4.06. The Labute approximate surface area is 93.8 Å². The van der Waals surface area contributed by atoms with Crippen LogP contribution >= 0.6 is 0 Å². The van der Waals surface area contributed by atoms with Crippen LogP contribution in [0, 0.1) is 0 Å². The van der Waals surface area contributed by atoms with Crippen LogP contribution in [0.25, 0.3) is 0 Å². The molecule has 84 valence electrons. The average molecular weight is 219 g/mol. The minimum Gasteiger partial charge on any atom is -0.369 e. The number of methoxy groups -OCH3 is 1. The largest absolute Gasteiger partial charge is 0.369 e. The number of hydrogen-bond donors (Lipinski definition) is 0. The van der Waals surface area contributed by atoms with Crippen molar-refractivity contribution in [3.8, 4) is 0 Å². The molecule has 1 fully saturated rings. The molecule has 4 heteroatoms. The first kappa shape index (κ1) is 10.8. The van der Waals surface area contributed by atoms with Crippen LogP contribution in [-0.4, -0.2) is 29.9 Å². The molecule has 1 aliphatic heterocycles. The molecule has 0 N–H and O–H groups in total. The smallest absolute Gasteiger partial charge is 0.261 e. The Hall–Kier alpha value is -1.68. The monoisotopic (exact) mass is 219 g/mol. The molecule has 1 aliphatic rings. The lowest BCUT2D eigenvalue weighted by Gasteiger charge is -2.44. The molecule has 1 heterocycles. The number of carbonyl (C=O) groups is 2. The highest BCUT2D eigenvalue weighted by atomic mass is 16.5. The quantitative estimate of drug-likeness (QED) is 0.700. The number of likely N-dealkylation sites (tertiary alicyclic amines) is 1. The van der Waals surface area contributed by atoms with Crippen molar-refractivity contribution in [2.45, 2.75) is 19.1 Å². The summed E-state index contributed by atoms with van der Waals surface area (Å²) in [4.78, 5) is 24.2. The van der Waals surface area contributed by atoms with Crippen molar-refractivity contribution in [3.63, 3.8) is 0 Å². The summed E-state index contributed by atoms with van der Waals surface area (Å²) >= 11 is 0. The Balaban J connectivity index is 2.31. The van der Waals surface area contributed by atoms with E-state index in [4.69, 9.17) is 4.74 Å². The molecule has 0 aliphatic carbocycles. The third-order valence-electron chi connectivity index (χ3n) is 2.78. The number of β-lactam (4-membered cyclic amide) rings is 1. The minimum atomic E-state index is -0.536. The van der Waals surface area contributed by atoms with Gasteiger partial charge in [-0.05, 0) is 5.56 Å². The number of carbonyl (C=O) groups excluding carboxylic acids is 2. The lowest BCUT2D eigenvalue weighted by atomic mass is 9.90. The van der Waals surface area contributed by atoms with Gasteiger partial charge < -0.3 is 4.74 Å². The predicted molar refractivity (Wildman–Crippen MR) is 57.5 cm³/mol. The molecule has 2 rings (SSSR count). The van der Waals surface area contributed by atoms with Gasteiger partial charge >= 0.3 is 0 Å². The Morgan fingerprint density at radius 1 is 1.31 bits per heavy atom. The van der Waals surface area contributed by atoms with Crippen LogP contribution in [0.2, 0.25) is 0 Å². The molecular weight excluding hydrogens is 206 g/mol. The summed E-state index contributed by atoms with van der Waals surface area (Å²) in [5.41, 5.74) is 0.921. The molecule has 0 aromatic heterocycles. The molecule has 1 aromatic carbocycles. The number of rotatable bonds is 2. The molecular formula is C12H13NO3.